The molecule has 0 aliphatic carbocycles. The molecule has 0 N–H and O–H groups in total. The number of carbonyl (C=O) groups excluding carboxylic acids is 1. The van der Waals surface area contributed by atoms with E-state index in [-0.39, 0.29) is 0 Å². The Balaban J connectivity index is 2.76. The van der Waals surface area contributed by atoms with Gasteiger partial charge in [0.15, 0.2) is 11.9 Å². The predicted octanol–water partition coefficient (Wildman–Crippen LogP) is 0.542. The second kappa shape index (κ2) is 2.16. The molecule has 2 rings (SSSR count). The highest BCUT2D eigenvalue weighted by Gasteiger charge is 1.94. The van der Waals surface area contributed by atoms with Crippen LogP contribution in [0.5, 0.6) is 0 Å². The van der Waals surface area contributed by atoms with E-state index in [2.05, 4.69) is 10.1 Å². The van der Waals surface area contributed by atoms with Crippen molar-refractivity contribution < 1.29 is 4.79 Å². The van der Waals surface area contributed by atoms with Gasteiger partial charge in [-0.05, 0) is 0 Å². The Hall–Kier alpha value is -1.71. The van der Waals surface area contributed by atoms with Gasteiger partial charge in [-0.15, -0.1) is 0 Å². The van der Waals surface area contributed by atoms with Crippen LogP contribution >= 0.6 is 0 Å². The van der Waals surface area contributed by atoms with Gasteiger partial charge in [-0.2, -0.15) is 5.10 Å². The molecule has 0 radical (unpaired) electrons. The van der Waals surface area contributed by atoms with Crippen LogP contribution in [0.2, 0.25) is 0 Å². The fraction of sp³-hybridized carbons (Fsp3) is 0. The number of nitrogens with zero attached hydrogens (tertiary/aromatic N) is 3. The molecular formula is C7H5N3O. The third kappa shape index (κ3) is 0.881. The molecule has 0 spiro atoms. The van der Waals surface area contributed by atoms with Gasteiger partial charge in [-0.25, -0.2) is 9.50 Å². The smallest absolute Gasteiger partial charge is 0.154 e. The number of hydrogen-bond acceptors (Lipinski definition) is 3. The van der Waals surface area contributed by atoms with E-state index in [9.17, 15) is 4.79 Å². The van der Waals surface area contributed by atoms with Gasteiger partial charge < -0.3 is 0 Å². The highest BCUT2D eigenvalue weighted by atomic mass is 16.1. The predicted molar refractivity (Wildman–Crippen MR) is 38.4 cm³/mol. The first-order chi connectivity index (χ1) is 5.40. The van der Waals surface area contributed by atoms with Crippen LogP contribution in [-0.2, 0) is 0 Å². The molecule has 0 fully saturated rings. The van der Waals surface area contributed by atoms with Crippen LogP contribution in [-0.4, -0.2) is 20.9 Å². The van der Waals surface area contributed by atoms with Crippen molar-refractivity contribution >= 4 is 11.9 Å². The number of rotatable bonds is 1. The summed E-state index contributed by atoms with van der Waals surface area (Å²) in [7, 11) is 0. The van der Waals surface area contributed by atoms with Gasteiger partial charge in [0.1, 0.15) is 0 Å². The van der Waals surface area contributed by atoms with Crippen molar-refractivity contribution in [1.82, 2.24) is 14.6 Å². The van der Waals surface area contributed by atoms with Crippen LogP contribution in [0.1, 0.15) is 10.4 Å². The summed E-state index contributed by atoms with van der Waals surface area (Å²) in [6.07, 6.45) is 5.53. The number of fused-ring (bicyclic) bond motifs is 1. The molecule has 0 saturated heterocycles. The molecule has 54 valence electrons. The molecule has 2 aromatic rings. The molecule has 0 aliphatic heterocycles. The third-order valence-corrected chi connectivity index (χ3v) is 1.40. The van der Waals surface area contributed by atoms with Gasteiger partial charge in [-0.3, -0.25) is 4.79 Å². The molecule has 2 heterocycles. The zero-order valence-corrected chi connectivity index (χ0v) is 5.64. The maximum Gasteiger partial charge on any atom is 0.154 e. The van der Waals surface area contributed by atoms with Crippen LogP contribution in [0.4, 0.5) is 0 Å². The van der Waals surface area contributed by atoms with Gasteiger partial charge in [0.2, 0.25) is 0 Å². The summed E-state index contributed by atoms with van der Waals surface area (Å²) in [5.41, 5.74) is 1.27. The normalized spacial score (nSPS) is 10.2. The molecule has 2 aromatic heterocycles. The molecule has 0 saturated carbocycles. The molecule has 0 aromatic carbocycles. The standard InChI is InChI=1S/C7H5N3O/c11-5-6-3-8-7-1-2-9-10(7)4-6/h1-5H. The topological polar surface area (TPSA) is 47.3 Å². The largest absolute Gasteiger partial charge is 0.298 e. The van der Waals surface area contributed by atoms with Crippen molar-refractivity contribution in [3.63, 3.8) is 0 Å². The van der Waals surface area contributed by atoms with E-state index >= 15 is 0 Å². The van der Waals surface area contributed by atoms with E-state index in [1.807, 2.05) is 0 Å². The van der Waals surface area contributed by atoms with Crippen LogP contribution in [0.25, 0.3) is 5.65 Å². The van der Waals surface area contributed by atoms with E-state index in [1.54, 1.807) is 23.0 Å². The fourth-order valence-corrected chi connectivity index (χ4v) is 0.885. The second-order valence-electron chi connectivity index (χ2n) is 2.14. The van der Waals surface area contributed by atoms with Crippen LogP contribution in [0, 0.1) is 0 Å². The van der Waals surface area contributed by atoms with Gasteiger partial charge >= 0.3 is 0 Å². The van der Waals surface area contributed by atoms with E-state index in [0.717, 1.165) is 11.9 Å². The first kappa shape index (κ1) is 6.03. The average molecular weight is 147 g/mol. The van der Waals surface area contributed by atoms with Gasteiger partial charge in [0, 0.05) is 18.5 Å². The first-order valence-electron chi connectivity index (χ1n) is 3.15. The first-order valence-corrected chi connectivity index (χ1v) is 3.15. The average Bonchev–Trinajstić information content (AvgIpc) is 2.50. The van der Waals surface area contributed by atoms with Crippen molar-refractivity contribution in [2.24, 2.45) is 0 Å². The summed E-state index contributed by atoms with van der Waals surface area (Å²) in [6.45, 7) is 0. The van der Waals surface area contributed by atoms with Crippen LogP contribution < -0.4 is 0 Å². The Morgan fingerprint density at radius 2 is 2.45 bits per heavy atom. The molecule has 4 nitrogen and oxygen atoms in total. The Morgan fingerprint density at radius 3 is 3.27 bits per heavy atom. The molecular weight excluding hydrogens is 142 g/mol. The summed E-state index contributed by atoms with van der Waals surface area (Å²) in [6, 6.07) is 1.77. The second-order valence-corrected chi connectivity index (χ2v) is 2.14. The molecule has 0 amide bonds. The summed E-state index contributed by atoms with van der Waals surface area (Å²) in [5.74, 6) is 0. The molecule has 0 aliphatic rings. The lowest BCUT2D eigenvalue weighted by Crippen LogP contribution is -1.92. The quantitative estimate of drug-likeness (QED) is 0.553. The minimum atomic E-state index is 0.529. The SMILES string of the molecule is O=Cc1cnc2ccnn2c1. The van der Waals surface area contributed by atoms with Crippen LogP contribution in [0.3, 0.4) is 0 Å². The van der Waals surface area contributed by atoms with Gasteiger partial charge in [0.05, 0.1) is 11.8 Å². The minimum absolute atomic E-state index is 0.529. The van der Waals surface area contributed by atoms with Crippen molar-refractivity contribution in [2.75, 3.05) is 0 Å². The highest BCUT2D eigenvalue weighted by molar-refractivity contribution is 5.73. The number of aldehydes is 1. The van der Waals surface area contributed by atoms with Gasteiger partial charge in [-0.1, -0.05) is 0 Å². The Bertz CT molecular complexity index is 393. The maximum absolute atomic E-state index is 10.3. The third-order valence-electron chi connectivity index (χ3n) is 1.40. The van der Waals surface area contributed by atoms with Crippen molar-refractivity contribution in [3.8, 4) is 0 Å². The lowest BCUT2D eigenvalue weighted by Gasteiger charge is -1.91. The number of carbonyl (C=O) groups is 1. The lowest BCUT2D eigenvalue weighted by atomic mass is 10.4. The fourth-order valence-electron chi connectivity index (χ4n) is 0.885. The number of hydrogen-bond donors (Lipinski definition) is 0. The van der Waals surface area contributed by atoms with Crippen LogP contribution in [0.15, 0.2) is 24.7 Å². The molecule has 0 atom stereocenters. The summed E-state index contributed by atoms with van der Waals surface area (Å²) in [4.78, 5) is 14.3. The van der Waals surface area contributed by atoms with E-state index in [0.29, 0.717) is 5.56 Å². The van der Waals surface area contributed by atoms with Gasteiger partial charge in [0.25, 0.3) is 0 Å². The summed E-state index contributed by atoms with van der Waals surface area (Å²) < 4.78 is 1.56. The number of aromatic nitrogens is 3. The van der Waals surface area contributed by atoms with E-state index in [1.165, 1.54) is 6.20 Å². The molecule has 0 unspecified atom stereocenters. The Morgan fingerprint density at radius 1 is 1.55 bits per heavy atom. The molecule has 11 heavy (non-hydrogen) atoms. The zero-order valence-electron chi connectivity index (χ0n) is 5.64. The zero-order chi connectivity index (χ0) is 7.68. The van der Waals surface area contributed by atoms with E-state index < -0.39 is 0 Å². The summed E-state index contributed by atoms with van der Waals surface area (Å²) in [5, 5.41) is 3.92. The Kier molecular flexibility index (Phi) is 1.18. The van der Waals surface area contributed by atoms with E-state index in [4.69, 9.17) is 0 Å². The lowest BCUT2D eigenvalue weighted by molar-refractivity contribution is 0.112. The van der Waals surface area contributed by atoms with Crippen molar-refractivity contribution in [1.29, 1.82) is 0 Å². The summed E-state index contributed by atoms with van der Waals surface area (Å²) >= 11 is 0. The maximum atomic E-state index is 10.3. The van der Waals surface area contributed by atoms with Crippen molar-refractivity contribution in [3.05, 3.63) is 30.2 Å². The minimum Gasteiger partial charge on any atom is -0.298 e. The highest BCUT2D eigenvalue weighted by Crippen LogP contribution is 1.98. The monoisotopic (exact) mass is 147 g/mol. The molecule has 0 bridgehead atoms. The van der Waals surface area contributed by atoms with Crippen molar-refractivity contribution in [2.45, 2.75) is 0 Å². The molecule has 4 heteroatoms. The Labute approximate surface area is 62.5 Å².